The molecule has 0 bridgehead atoms. The zero-order valence-electron chi connectivity index (χ0n) is 15.1. The number of nitrogens with one attached hydrogen (secondary N) is 1. The van der Waals surface area contributed by atoms with Gasteiger partial charge in [-0.3, -0.25) is 4.79 Å². The minimum Gasteiger partial charge on any atom is -0.378 e. The van der Waals surface area contributed by atoms with E-state index in [-0.39, 0.29) is 24.1 Å². The summed E-state index contributed by atoms with van der Waals surface area (Å²) in [5.74, 6) is 0.0491. The van der Waals surface area contributed by atoms with Crippen molar-refractivity contribution in [3.63, 3.8) is 0 Å². The number of carbonyl (C=O) groups excluding carboxylic acids is 1. The second-order valence-electron chi connectivity index (χ2n) is 6.36. The third-order valence-electron chi connectivity index (χ3n) is 4.62. The zero-order chi connectivity index (χ0) is 19.0. The number of hydrogen-bond donors (Lipinski definition) is 1. The molecule has 0 spiro atoms. The van der Waals surface area contributed by atoms with E-state index in [0.717, 1.165) is 10.9 Å². The highest BCUT2D eigenvalue weighted by Crippen LogP contribution is 2.30. The molecule has 1 aliphatic rings. The third kappa shape index (κ3) is 3.85. The number of aromatic nitrogens is 2. The number of ether oxygens (including phenoxy) is 1. The number of anilines is 2. The summed E-state index contributed by atoms with van der Waals surface area (Å²) < 4.78 is 22.1. The molecule has 0 atom stereocenters. The van der Waals surface area contributed by atoms with Gasteiger partial charge >= 0.3 is 0 Å². The van der Waals surface area contributed by atoms with Crippen molar-refractivity contribution < 1.29 is 13.9 Å². The summed E-state index contributed by atoms with van der Waals surface area (Å²) in [5, 5.41) is 3.80. The lowest BCUT2D eigenvalue weighted by molar-refractivity contribution is 0.0303. The summed E-state index contributed by atoms with van der Waals surface area (Å²) in [6.07, 6.45) is 3.42. The molecule has 1 aliphatic heterocycles. The van der Waals surface area contributed by atoms with E-state index in [1.807, 2.05) is 23.9 Å². The van der Waals surface area contributed by atoms with Crippen molar-refractivity contribution in [2.45, 2.75) is 0 Å². The van der Waals surface area contributed by atoms with Gasteiger partial charge in [-0.1, -0.05) is 15.9 Å². The Labute approximate surface area is 176 Å². The molecular formula is C19H19BrClFN4O2. The van der Waals surface area contributed by atoms with Crippen LogP contribution in [0.2, 0.25) is 0 Å². The van der Waals surface area contributed by atoms with Gasteiger partial charge in [-0.05, 0) is 24.3 Å². The van der Waals surface area contributed by atoms with Crippen LogP contribution in [-0.4, -0.2) is 46.7 Å². The summed E-state index contributed by atoms with van der Waals surface area (Å²) in [4.78, 5) is 19.1. The maximum Gasteiger partial charge on any atom is 0.257 e. The van der Waals surface area contributed by atoms with Crippen LogP contribution in [0, 0.1) is 5.82 Å². The van der Waals surface area contributed by atoms with E-state index in [4.69, 9.17) is 4.74 Å². The second kappa shape index (κ2) is 8.46. The van der Waals surface area contributed by atoms with Crippen molar-refractivity contribution in [1.29, 1.82) is 0 Å². The molecule has 0 radical (unpaired) electrons. The molecule has 1 fully saturated rings. The Balaban J connectivity index is 0.00000225. The van der Waals surface area contributed by atoms with Gasteiger partial charge in [-0.25, -0.2) is 9.37 Å². The molecule has 0 unspecified atom stereocenters. The van der Waals surface area contributed by atoms with Crippen LogP contribution in [0.4, 0.5) is 15.9 Å². The molecule has 3 aromatic rings. The van der Waals surface area contributed by atoms with Crippen molar-refractivity contribution in [2.24, 2.45) is 7.05 Å². The monoisotopic (exact) mass is 468 g/mol. The van der Waals surface area contributed by atoms with E-state index in [9.17, 15) is 9.18 Å². The predicted octanol–water partition coefficient (Wildman–Crippen LogP) is 4.11. The average Bonchev–Trinajstić information content (AvgIpc) is 3.07. The summed E-state index contributed by atoms with van der Waals surface area (Å²) in [5.41, 5.74) is 1.62. The highest BCUT2D eigenvalue weighted by atomic mass is 79.9. The van der Waals surface area contributed by atoms with Gasteiger partial charge < -0.3 is 19.5 Å². The Morgan fingerprint density at radius 3 is 2.75 bits per heavy atom. The lowest BCUT2D eigenvalue weighted by Crippen LogP contribution is -2.40. The maximum atomic E-state index is 14.2. The number of carbonyl (C=O) groups is 1. The SMILES string of the molecule is Cl.Cn1ccc2c(Nc3ccc(Br)cc3F)ncc(C(=O)N3CCOCC3)c21. The van der Waals surface area contributed by atoms with Crippen LogP contribution < -0.4 is 5.32 Å². The molecule has 148 valence electrons. The topological polar surface area (TPSA) is 59.4 Å². The van der Waals surface area contributed by atoms with Gasteiger partial charge in [0.1, 0.15) is 11.6 Å². The van der Waals surface area contributed by atoms with Gasteiger partial charge in [0.2, 0.25) is 0 Å². The summed E-state index contributed by atoms with van der Waals surface area (Å²) in [7, 11) is 1.88. The third-order valence-corrected chi connectivity index (χ3v) is 5.11. The molecule has 1 saturated heterocycles. The van der Waals surface area contributed by atoms with Crippen LogP contribution in [0.1, 0.15) is 10.4 Å². The Morgan fingerprint density at radius 2 is 2.04 bits per heavy atom. The van der Waals surface area contributed by atoms with E-state index in [2.05, 4.69) is 26.2 Å². The summed E-state index contributed by atoms with van der Waals surface area (Å²) in [6, 6.07) is 6.66. The van der Waals surface area contributed by atoms with E-state index < -0.39 is 0 Å². The fraction of sp³-hybridized carbons (Fsp3) is 0.263. The fourth-order valence-electron chi connectivity index (χ4n) is 3.23. The molecule has 1 N–H and O–H groups in total. The van der Waals surface area contributed by atoms with Crippen LogP contribution >= 0.6 is 28.3 Å². The van der Waals surface area contributed by atoms with Crippen molar-refractivity contribution in [2.75, 3.05) is 31.6 Å². The molecular weight excluding hydrogens is 451 g/mol. The van der Waals surface area contributed by atoms with E-state index in [1.165, 1.54) is 6.07 Å². The first-order valence-corrected chi connectivity index (χ1v) is 9.37. The molecule has 2 aromatic heterocycles. The van der Waals surface area contributed by atoms with Crippen molar-refractivity contribution in [3.05, 3.63) is 52.5 Å². The maximum absolute atomic E-state index is 14.2. The number of morpholine rings is 1. The highest BCUT2D eigenvalue weighted by Gasteiger charge is 2.23. The normalized spacial score (nSPS) is 14.0. The van der Waals surface area contributed by atoms with Crippen LogP contribution in [0.5, 0.6) is 0 Å². The standard InChI is InChI=1S/C19H18BrFN4O2.ClH/c1-24-5-4-13-17(24)14(19(26)25-6-8-27-9-7-25)11-22-18(13)23-16-3-2-12(20)10-15(16)21;/h2-5,10-11H,6-9H2,1H3,(H,22,23);1H. The molecule has 1 amide bonds. The molecule has 9 heteroatoms. The second-order valence-corrected chi connectivity index (χ2v) is 7.28. The van der Waals surface area contributed by atoms with Crippen LogP contribution in [-0.2, 0) is 11.8 Å². The van der Waals surface area contributed by atoms with Crippen molar-refractivity contribution in [3.8, 4) is 0 Å². The minimum atomic E-state index is -0.385. The number of benzene rings is 1. The summed E-state index contributed by atoms with van der Waals surface area (Å²) in [6.45, 7) is 2.21. The minimum absolute atomic E-state index is 0. The van der Waals surface area contributed by atoms with Crippen LogP contribution in [0.3, 0.4) is 0 Å². The van der Waals surface area contributed by atoms with E-state index in [0.29, 0.717) is 47.8 Å². The predicted molar refractivity (Wildman–Crippen MR) is 112 cm³/mol. The van der Waals surface area contributed by atoms with E-state index >= 15 is 0 Å². The molecule has 0 saturated carbocycles. The number of pyridine rings is 1. The number of fused-ring (bicyclic) bond motifs is 1. The lowest BCUT2D eigenvalue weighted by Gasteiger charge is -2.27. The van der Waals surface area contributed by atoms with Crippen molar-refractivity contribution in [1.82, 2.24) is 14.5 Å². The van der Waals surface area contributed by atoms with Crippen LogP contribution in [0.25, 0.3) is 10.9 Å². The zero-order valence-corrected chi connectivity index (χ0v) is 17.5. The quantitative estimate of drug-likeness (QED) is 0.627. The highest BCUT2D eigenvalue weighted by molar-refractivity contribution is 9.10. The summed E-state index contributed by atoms with van der Waals surface area (Å²) >= 11 is 3.25. The first kappa shape index (κ1) is 20.6. The average molecular weight is 470 g/mol. The number of aryl methyl sites for hydroxylation is 1. The van der Waals surface area contributed by atoms with Gasteiger partial charge in [0.05, 0.1) is 30.0 Å². The van der Waals surface area contributed by atoms with Gasteiger partial charge in [-0.15, -0.1) is 12.4 Å². The Morgan fingerprint density at radius 1 is 1.29 bits per heavy atom. The number of amides is 1. The first-order valence-electron chi connectivity index (χ1n) is 8.58. The number of rotatable bonds is 3. The van der Waals surface area contributed by atoms with Crippen LogP contribution in [0.15, 0.2) is 41.1 Å². The number of nitrogens with zero attached hydrogens (tertiary/aromatic N) is 3. The Kier molecular flexibility index (Phi) is 6.22. The van der Waals surface area contributed by atoms with Gasteiger partial charge in [0, 0.05) is 42.4 Å². The number of halogens is 3. The first-order chi connectivity index (χ1) is 13.0. The molecule has 3 heterocycles. The molecule has 6 nitrogen and oxygen atoms in total. The van der Waals surface area contributed by atoms with Crippen molar-refractivity contribution >= 4 is 56.7 Å². The smallest absolute Gasteiger partial charge is 0.257 e. The fourth-order valence-corrected chi connectivity index (χ4v) is 3.56. The van der Waals surface area contributed by atoms with Gasteiger partial charge in [-0.2, -0.15) is 0 Å². The Hall–Kier alpha value is -2.16. The van der Waals surface area contributed by atoms with E-state index in [1.54, 1.807) is 23.2 Å². The molecule has 4 rings (SSSR count). The van der Waals surface area contributed by atoms with Gasteiger partial charge in [0.25, 0.3) is 5.91 Å². The number of hydrogen-bond acceptors (Lipinski definition) is 4. The molecule has 0 aliphatic carbocycles. The molecule has 28 heavy (non-hydrogen) atoms. The Bertz CT molecular complexity index is 1020. The lowest BCUT2D eigenvalue weighted by atomic mass is 10.1. The van der Waals surface area contributed by atoms with Gasteiger partial charge in [0.15, 0.2) is 0 Å². The molecule has 1 aromatic carbocycles. The largest absolute Gasteiger partial charge is 0.378 e.